The van der Waals surface area contributed by atoms with Gasteiger partial charge in [0.15, 0.2) is 0 Å². The van der Waals surface area contributed by atoms with Crippen LogP contribution in [0.3, 0.4) is 0 Å². The number of benzene rings is 1. The van der Waals surface area contributed by atoms with Crippen molar-refractivity contribution in [3.63, 3.8) is 0 Å². The Morgan fingerprint density at radius 3 is 2.50 bits per heavy atom. The maximum atomic E-state index is 12.9. The van der Waals surface area contributed by atoms with Gasteiger partial charge in [-0.25, -0.2) is 9.78 Å². The van der Waals surface area contributed by atoms with Crippen LogP contribution in [0.4, 0.5) is 10.7 Å². The SMILES string of the molecule is COC(=O)N1CCN(c2nc3c(C(C)O)cc(C)cc3c(=O)n2C)CC1. The molecular formula is C18H24N4O4. The maximum absolute atomic E-state index is 12.9. The van der Waals surface area contributed by atoms with Crippen molar-refractivity contribution in [3.8, 4) is 0 Å². The van der Waals surface area contributed by atoms with Crippen LogP contribution in [0.15, 0.2) is 16.9 Å². The predicted octanol–water partition coefficient (Wildman–Crippen LogP) is 1.18. The number of anilines is 1. The molecule has 1 aliphatic rings. The second-order valence-corrected chi connectivity index (χ2v) is 6.65. The maximum Gasteiger partial charge on any atom is 0.409 e. The number of hydrogen-bond donors (Lipinski definition) is 1. The van der Waals surface area contributed by atoms with Crippen molar-refractivity contribution in [1.82, 2.24) is 14.5 Å². The Morgan fingerprint density at radius 2 is 1.92 bits per heavy atom. The second kappa shape index (κ2) is 6.95. The molecule has 1 saturated heterocycles. The van der Waals surface area contributed by atoms with Crippen molar-refractivity contribution in [3.05, 3.63) is 33.6 Å². The monoisotopic (exact) mass is 360 g/mol. The highest BCUT2D eigenvalue weighted by Crippen LogP contribution is 2.25. The molecule has 1 aromatic carbocycles. The molecule has 0 radical (unpaired) electrons. The molecule has 2 heterocycles. The Balaban J connectivity index is 2.04. The van der Waals surface area contributed by atoms with Gasteiger partial charge in [-0.05, 0) is 25.5 Å². The minimum absolute atomic E-state index is 0.147. The van der Waals surface area contributed by atoms with Crippen LogP contribution >= 0.6 is 0 Å². The number of ether oxygens (including phenoxy) is 1. The zero-order chi connectivity index (χ0) is 19.0. The molecule has 0 bridgehead atoms. The number of amides is 1. The third kappa shape index (κ3) is 3.12. The van der Waals surface area contributed by atoms with E-state index in [1.807, 2.05) is 17.9 Å². The van der Waals surface area contributed by atoms with Crippen molar-refractivity contribution in [2.24, 2.45) is 7.05 Å². The fourth-order valence-electron chi connectivity index (χ4n) is 3.36. The smallest absolute Gasteiger partial charge is 0.409 e. The topological polar surface area (TPSA) is 87.9 Å². The van der Waals surface area contributed by atoms with Crippen LogP contribution in [0.5, 0.6) is 0 Å². The van der Waals surface area contributed by atoms with Gasteiger partial charge in [0.25, 0.3) is 5.56 Å². The van der Waals surface area contributed by atoms with Crippen LogP contribution in [0, 0.1) is 6.92 Å². The molecule has 3 rings (SSSR count). The number of aliphatic hydroxyl groups excluding tert-OH is 1. The molecule has 0 aliphatic carbocycles. The largest absolute Gasteiger partial charge is 0.453 e. The molecule has 1 atom stereocenters. The van der Waals surface area contributed by atoms with Gasteiger partial charge < -0.3 is 19.6 Å². The average molecular weight is 360 g/mol. The molecule has 0 spiro atoms. The first-order chi connectivity index (χ1) is 12.3. The Labute approximate surface area is 151 Å². The summed E-state index contributed by atoms with van der Waals surface area (Å²) in [5, 5.41) is 10.6. The van der Waals surface area contributed by atoms with Crippen molar-refractivity contribution in [2.45, 2.75) is 20.0 Å². The summed E-state index contributed by atoms with van der Waals surface area (Å²) in [6.07, 6.45) is -1.07. The van der Waals surface area contributed by atoms with Crippen molar-refractivity contribution in [2.75, 3.05) is 38.2 Å². The Bertz CT molecular complexity index is 898. The molecule has 8 heteroatoms. The standard InChI is InChI=1S/C18H24N4O4/c1-11-9-13(12(2)23)15-14(10-11)16(24)20(3)17(19-15)21-5-7-22(8-6-21)18(25)26-4/h9-10,12,23H,5-8H2,1-4H3. The van der Waals surface area contributed by atoms with Crippen LogP contribution < -0.4 is 10.5 Å². The van der Waals surface area contributed by atoms with Crippen LogP contribution in [-0.4, -0.2) is 58.9 Å². The molecule has 140 valence electrons. The van der Waals surface area contributed by atoms with Crippen molar-refractivity contribution < 1.29 is 14.6 Å². The zero-order valence-corrected chi connectivity index (χ0v) is 15.5. The summed E-state index contributed by atoms with van der Waals surface area (Å²) in [5.74, 6) is 0.540. The quantitative estimate of drug-likeness (QED) is 0.865. The summed E-state index contributed by atoms with van der Waals surface area (Å²) in [6, 6.07) is 3.66. The summed E-state index contributed by atoms with van der Waals surface area (Å²) in [7, 11) is 3.06. The first-order valence-corrected chi connectivity index (χ1v) is 8.60. The van der Waals surface area contributed by atoms with Gasteiger partial charge in [0.2, 0.25) is 5.95 Å². The van der Waals surface area contributed by atoms with Gasteiger partial charge in [0, 0.05) is 38.8 Å². The molecule has 26 heavy (non-hydrogen) atoms. The number of carbonyl (C=O) groups is 1. The van der Waals surface area contributed by atoms with Crippen LogP contribution in [0.2, 0.25) is 0 Å². The van der Waals surface area contributed by atoms with E-state index in [1.54, 1.807) is 24.9 Å². The average Bonchev–Trinajstić information content (AvgIpc) is 2.64. The van der Waals surface area contributed by atoms with E-state index in [0.717, 1.165) is 5.56 Å². The zero-order valence-electron chi connectivity index (χ0n) is 15.5. The van der Waals surface area contributed by atoms with Crippen LogP contribution in [0.25, 0.3) is 10.9 Å². The summed E-state index contributed by atoms with van der Waals surface area (Å²) in [6.45, 7) is 5.66. The molecule has 1 fully saturated rings. The molecular weight excluding hydrogens is 336 g/mol. The lowest BCUT2D eigenvalue weighted by molar-refractivity contribution is 0.121. The molecule has 0 saturated carbocycles. The van der Waals surface area contributed by atoms with Gasteiger partial charge in [-0.1, -0.05) is 6.07 Å². The number of aromatic nitrogens is 2. The number of carbonyl (C=O) groups excluding carboxylic acids is 1. The minimum atomic E-state index is -0.721. The van der Waals surface area contributed by atoms with Gasteiger partial charge >= 0.3 is 6.09 Å². The summed E-state index contributed by atoms with van der Waals surface area (Å²) in [5.41, 5.74) is 1.93. The molecule has 2 aromatic rings. The number of piperazine rings is 1. The first-order valence-electron chi connectivity index (χ1n) is 8.60. The van der Waals surface area contributed by atoms with E-state index in [-0.39, 0.29) is 11.7 Å². The lowest BCUT2D eigenvalue weighted by Crippen LogP contribution is -2.50. The van der Waals surface area contributed by atoms with Gasteiger partial charge in [-0.15, -0.1) is 0 Å². The van der Waals surface area contributed by atoms with Crippen molar-refractivity contribution in [1.29, 1.82) is 0 Å². The lowest BCUT2D eigenvalue weighted by atomic mass is 10.0. The van der Waals surface area contributed by atoms with E-state index in [9.17, 15) is 14.7 Å². The van der Waals surface area contributed by atoms with Gasteiger partial charge in [-0.2, -0.15) is 0 Å². The predicted molar refractivity (Wildman–Crippen MR) is 98.5 cm³/mol. The van der Waals surface area contributed by atoms with E-state index >= 15 is 0 Å². The number of methoxy groups -OCH3 is 1. The van der Waals surface area contributed by atoms with Crippen LogP contribution in [-0.2, 0) is 11.8 Å². The van der Waals surface area contributed by atoms with Gasteiger partial charge in [0.1, 0.15) is 0 Å². The fraction of sp³-hybridized carbons (Fsp3) is 0.500. The first kappa shape index (κ1) is 18.2. The van der Waals surface area contributed by atoms with Gasteiger partial charge in [0.05, 0.1) is 24.1 Å². The highest BCUT2D eigenvalue weighted by atomic mass is 16.5. The molecule has 8 nitrogen and oxygen atoms in total. The Hall–Kier alpha value is -2.61. The third-order valence-corrected chi connectivity index (χ3v) is 4.78. The normalized spacial score (nSPS) is 16.0. The van der Waals surface area contributed by atoms with Crippen LogP contribution in [0.1, 0.15) is 24.2 Å². The minimum Gasteiger partial charge on any atom is -0.453 e. The van der Waals surface area contributed by atoms with E-state index in [2.05, 4.69) is 0 Å². The fourth-order valence-corrected chi connectivity index (χ4v) is 3.36. The Morgan fingerprint density at radius 1 is 1.27 bits per heavy atom. The van der Waals surface area contributed by atoms with E-state index < -0.39 is 6.10 Å². The second-order valence-electron chi connectivity index (χ2n) is 6.65. The molecule has 1 amide bonds. The summed E-state index contributed by atoms with van der Waals surface area (Å²) < 4.78 is 6.28. The molecule has 1 aliphatic heterocycles. The van der Waals surface area contributed by atoms with E-state index in [0.29, 0.717) is 48.6 Å². The third-order valence-electron chi connectivity index (χ3n) is 4.78. The Kier molecular flexibility index (Phi) is 4.86. The number of aryl methyl sites for hydroxylation is 1. The van der Waals surface area contributed by atoms with E-state index in [1.165, 1.54) is 11.7 Å². The van der Waals surface area contributed by atoms with Gasteiger partial charge in [-0.3, -0.25) is 9.36 Å². The molecule has 1 N–H and O–H groups in total. The van der Waals surface area contributed by atoms with Crippen molar-refractivity contribution >= 4 is 22.9 Å². The summed E-state index contributed by atoms with van der Waals surface area (Å²) in [4.78, 5) is 32.8. The number of hydrogen-bond acceptors (Lipinski definition) is 6. The number of rotatable bonds is 2. The summed E-state index contributed by atoms with van der Waals surface area (Å²) >= 11 is 0. The lowest BCUT2D eigenvalue weighted by Gasteiger charge is -2.35. The number of fused-ring (bicyclic) bond motifs is 1. The number of nitrogens with zero attached hydrogens (tertiary/aromatic N) is 4. The highest BCUT2D eigenvalue weighted by Gasteiger charge is 2.25. The van der Waals surface area contributed by atoms with E-state index in [4.69, 9.17) is 9.72 Å². The molecule has 1 aromatic heterocycles. The number of aliphatic hydroxyl groups is 1. The molecule has 1 unspecified atom stereocenters. The highest BCUT2D eigenvalue weighted by molar-refractivity contribution is 5.83.